The summed E-state index contributed by atoms with van der Waals surface area (Å²) >= 11 is 0. The average molecular weight is 294 g/mol. The van der Waals surface area contributed by atoms with Gasteiger partial charge in [-0.25, -0.2) is 4.79 Å². The Labute approximate surface area is 111 Å². The van der Waals surface area contributed by atoms with E-state index in [0.717, 1.165) is 6.08 Å². The summed E-state index contributed by atoms with van der Waals surface area (Å²) < 4.78 is 15.8. The molecule has 0 bridgehead atoms. The van der Waals surface area contributed by atoms with Crippen molar-refractivity contribution >= 4 is 19.5 Å². The van der Waals surface area contributed by atoms with Crippen LogP contribution >= 0.6 is 7.60 Å². The molecule has 0 saturated heterocycles. The second-order valence-electron chi connectivity index (χ2n) is 4.06. The first-order valence-corrected chi connectivity index (χ1v) is 7.51. The van der Waals surface area contributed by atoms with E-state index in [-0.39, 0.29) is 13.0 Å². The molecule has 0 amide bonds. The zero-order valence-electron chi connectivity index (χ0n) is 10.5. The maximum atomic E-state index is 11.1. The maximum absolute atomic E-state index is 11.1. The molecule has 0 fully saturated rings. The Morgan fingerprint density at radius 2 is 1.89 bits per heavy atom. The standard InChI is InChI=1S/C11H19O7P/c1-2-11(14)18-7-5-3-4-6-9(8-10(12)13)19(15,16)17/h2,9H,1,3-8H2,(H,12,13)(H2,15,16,17). The molecule has 0 aromatic carbocycles. The number of carboxylic acid groups (broad SMARTS) is 1. The van der Waals surface area contributed by atoms with E-state index in [1.165, 1.54) is 0 Å². The van der Waals surface area contributed by atoms with Gasteiger partial charge in [-0.3, -0.25) is 9.36 Å². The first kappa shape index (κ1) is 17.8. The van der Waals surface area contributed by atoms with Gasteiger partial charge in [0.05, 0.1) is 18.7 Å². The second kappa shape index (κ2) is 8.85. The van der Waals surface area contributed by atoms with E-state index < -0.39 is 31.6 Å². The van der Waals surface area contributed by atoms with Crippen LogP contribution in [0.4, 0.5) is 0 Å². The molecule has 0 saturated carbocycles. The van der Waals surface area contributed by atoms with Gasteiger partial charge in [-0.2, -0.15) is 0 Å². The van der Waals surface area contributed by atoms with Crippen LogP contribution in [0.25, 0.3) is 0 Å². The van der Waals surface area contributed by atoms with E-state index in [2.05, 4.69) is 6.58 Å². The van der Waals surface area contributed by atoms with Gasteiger partial charge < -0.3 is 19.6 Å². The second-order valence-corrected chi connectivity index (χ2v) is 5.97. The smallest absolute Gasteiger partial charge is 0.330 e. The zero-order chi connectivity index (χ0) is 14.9. The van der Waals surface area contributed by atoms with Crippen LogP contribution in [0.15, 0.2) is 12.7 Å². The lowest BCUT2D eigenvalue weighted by atomic mass is 10.1. The molecular weight excluding hydrogens is 275 g/mol. The van der Waals surface area contributed by atoms with Crippen molar-refractivity contribution in [2.45, 2.75) is 37.8 Å². The van der Waals surface area contributed by atoms with Crippen LogP contribution in [-0.2, 0) is 18.9 Å². The van der Waals surface area contributed by atoms with Crippen LogP contribution in [0.2, 0.25) is 0 Å². The molecule has 0 spiro atoms. The lowest BCUT2D eigenvalue weighted by molar-refractivity contribution is -0.138. The predicted octanol–water partition coefficient (Wildman–Crippen LogP) is 1.30. The number of carbonyl (C=O) groups is 2. The third kappa shape index (κ3) is 9.41. The van der Waals surface area contributed by atoms with Crippen molar-refractivity contribution in [3.05, 3.63) is 12.7 Å². The van der Waals surface area contributed by atoms with E-state index in [9.17, 15) is 14.2 Å². The molecule has 1 unspecified atom stereocenters. The third-order valence-corrected chi connectivity index (χ3v) is 3.87. The first-order chi connectivity index (χ1) is 8.77. The molecule has 0 rings (SSSR count). The number of carbonyl (C=O) groups excluding carboxylic acids is 1. The molecule has 0 heterocycles. The summed E-state index contributed by atoms with van der Waals surface area (Å²) in [7, 11) is -4.39. The fourth-order valence-corrected chi connectivity index (χ4v) is 2.39. The highest BCUT2D eigenvalue weighted by Crippen LogP contribution is 2.45. The topological polar surface area (TPSA) is 121 Å². The first-order valence-electron chi connectivity index (χ1n) is 5.83. The molecule has 3 N–H and O–H groups in total. The SMILES string of the molecule is C=CC(=O)OCCCCCC(CC(=O)O)P(=O)(O)O. The predicted molar refractivity (Wildman–Crippen MR) is 67.7 cm³/mol. The molecule has 0 aromatic heterocycles. The Morgan fingerprint density at radius 3 is 2.37 bits per heavy atom. The van der Waals surface area contributed by atoms with Gasteiger partial charge in [-0.05, 0) is 12.8 Å². The molecule has 110 valence electrons. The van der Waals surface area contributed by atoms with E-state index in [1.807, 2.05) is 0 Å². The van der Waals surface area contributed by atoms with Crippen molar-refractivity contribution in [2.24, 2.45) is 0 Å². The highest BCUT2D eigenvalue weighted by molar-refractivity contribution is 7.52. The number of aliphatic carboxylic acids is 1. The van der Waals surface area contributed by atoms with Crippen LogP contribution in [0.1, 0.15) is 32.1 Å². The van der Waals surface area contributed by atoms with E-state index in [4.69, 9.17) is 19.6 Å². The average Bonchev–Trinajstić information content (AvgIpc) is 2.29. The maximum Gasteiger partial charge on any atom is 0.330 e. The largest absolute Gasteiger partial charge is 0.481 e. The minimum atomic E-state index is -4.39. The van der Waals surface area contributed by atoms with Crippen LogP contribution < -0.4 is 0 Å². The van der Waals surface area contributed by atoms with E-state index in [0.29, 0.717) is 19.3 Å². The van der Waals surface area contributed by atoms with Gasteiger partial charge >= 0.3 is 19.5 Å². The Hall–Kier alpha value is -1.17. The van der Waals surface area contributed by atoms with Gasteiger partial charge in [-0.1, -0.05) is 19.4 Å². The zero-order valence-corrected chi connectivity index (χ0v) is 11.4. The van der Waals surface area contributed by atoms with E-state index >= 15 is 0 Å². The summed E-state index contributed by atoms with van der Waals surface area (Å²) in [5, 5.41) is 8.57. The van der Waals surface area contributed by atoms with Crippen molar-refractivity contribution in [3.8, 4) is 0 Å². The number of rotatable bonds is 10. The summed E-state index contributed by atoms with van der Waals surface area (Å²) in [5.74, 6) is -1.74. The molecule has 0 aromatic rings. The number of esters is 1. The van der Waals surface area contributed by atoms with Gasteiger partial charge in [0.1, 0.15) is 0 Å². The Balaban J connectivity index is 3.88. The summed E-state index contributed by atoms with van der Waals surface area (Å²) in [5.41, 5.74) is -1.15. The lowest BCUT2D eigenvalue weighted by Crippen LogP contribution is -2.14. The molecule has 8 heteroatoms. The van der Waals surface area contributed by atoms with Gasteiger partial charge in [0.25, 0.3) is 0 Å². The van der Waals surface area contributed by atoms with Crippen LogP contribution in [0, 0.1) is 0 Å². The normalized spacial score (nSPS) is 12.7. The molecule has 0 aliphatic heterocycles. The fraction of sp³-hybridized carbons (Fsp3) is 0.636. The lowest BCUT2D eigenvalue weighted by Gasteiger charge is -2.16. The number of carboxylic acids is 1. The van der Waals surface area contributed by atoms with Gasteiger partial charge in [-0.15, -0.1) is 0 Å². The Kier molecular flexibility index (Phi) is 8.30. The summed E-state index contributed by atoms with van der Waals surface area (Å²) in [4.78, 5) is 39.2. The summed E-state index contributed by atoms with van der Waals surface area (Å²) in [6.45, 7) is 3.45. The molecule has 1 atom stereocenters. The van der Waals surface area contributed by atoms with Gasteiger partial charge in [0.2, 0.25) is 0 Å². The summed E-state index contributed by atoms with van der Waals surface area (Å²) in [6.07, 6.45) is 2.26. The van der Waals surface area contributed by atoms with Crippen LogP contribution in [0.5, 0.6) is 0 Å². The van der Waals surface area contributed by atoms with Gasteiger partial charge in [0.15, 0.2) is 0 Å². The van der Waals surface area contributed by atoms with Crippen molar-refractivity contribution < 1.29 is 33.8 Å². The minimum absolute atomic E-state index is 0.131. The van der Waals surface area contributed by atoms with Crippen LogP contribution in [0.3, 0.4) is 0 Å². The molecule has 19 heavy (non-hydrogen) atoms. The van der Waals surface area contributed by atoms with Crippen LogP contribution in [-0.4, -0.2) is 39.1 Å². The molecule has 0 aliphatic carbocycles. The molecule has 0 aliphatic rings. The Bertz CT molecular complexity index is 360. The quantitative estimate of drug-likeness (QED) is 0.240. The highest BCUT2D eigenvalue weighted by Gasteiger charge is 2.30. The number of hydrogen-bond donors (Lipinski definition) is 3. The molecule has 0 radical (unpaired) electrons. The van der Waals surface area contributed by atoms with Crippen molar-refractivity contribution in [1.82, 2.24) is 0 Å². The molecule has 7 nitrogen and oxygen atoms in total. The monoisotopic (exact) mass is 294 g/mol. The van der Waals surface area contributed by atoms with E-state index in [1.54, 1.807) is 0 Å². The number of hydrogen-bond acceptors (Lipinski definition) is 4. The Morgan fingerprint density at radius 1 is 1.26 bits per heavy atom. The van der Waals surface area contributed by atoms with Crippen molar-refractivity contribution in [3.63, 3.8) is 0 Å². The van der Waals surface area contributed by atoms with Gasteiger partial charge in [0, 0.05) is 6.08 Å². The summed E-state index contributed by atoms with van der Waals surface area (Å²) in [6, 6.07) is 0. The fourth-order valence-electron chi connectivity index (χ4n) is 1.48. The number of unbranched alkanes of at least 4 members (excludes halogenated alkanes) is 2. The van der Waals surface area contributed by atoms with Crippen molar-refractivity contribution in [1.29, 1.82) is 0 Å². The van der Waals surface area contributed by atoms with Crippen molar-refractivity contribution in [2.75, 3.05) is 6.61 Å². The third-order valence-electron chi connectivity index (χ3n) is 2.48. The molecular formula is C11H19O7P. The minimum Gasteiger partial charge on any atom is -0.481 e. The number of ether oxygens (including phenoxy) is 1. The highest BCUT2D eigenvalue weighted by atomic mass is 31.2.